The molecule has 6 nitrogen and oxygen atoms in total. The highest BCUT2D eigenvalue weighted by atomic mass is 35.5. The van der Waals surface area contributed by atoms with Gasteiger partial charge in [-0.15, -0.1) is 0 Å². The van der Waals surface area contributed by atoms with E-state index in [1.54, 1.807) is 26.0 Å². The summed E-state index contributed by atoms with van der Waals surface area (Å²) in [5, 5.41) is 7.71. The Morgan fingerprint density at radius 1 is 1.43 bits per heavy atom. The van der Waals surface area contributed by atoms with Crippen molar-refractivity contribution in [3.8, 4) is 11.6 Å². The van der Waals surface area contributed by atoms with E-state index in [2.05, 4.69) is 9.97 Å². The molecular formula is C22H23ClFN3O3. The number of halogens is 2. The van der Waals surface area contributed by atoms with Gasteiger partial charge >= 0.3 is 0 Å². The third-order valence-corrected chi connectivity index (χ3v) is 5.27. The third-order valence-electron chi connectivity index (χ3n) is 4.87. The first-order chi connectivity index (χ1) is 14.3. The number of carbonyl (C=O) groups is 1. The highest BCUT2D eigenvalue weighted by molar-refractivity contribution is 6.44. The van der Waals surface area contributed by atoms with E-state index in [1.165, 1.54) is 6.33 Å². The number of hydrogen-bond donors (Lipinski definition) is 1. The quantitative estimate of drug-likeness (QED) is 0.500. The molecule has 0 aliphatic carbocycles. The zero-order valence-corrected chi connectivity index (χ0v) is 17.8. The number of nitrogens with zero attached hydrogens (tertiary/aromatic N) is 2. The van der Waals surface area contributed by atoms with Gasteiger partial charge in [-0.25, -0.2) is 14.4 Å². The van der Waals surface area contributed by atoms with Gasteiger partial charge < -0.3 is 14.9 Å². The largest absolute Gasteiger partial charge is 0.438 e. The van der Waals surface area contributed by atoms with E-state index in [1.807, 2.05) is 13.0 Å². The van der Waals surface area contributed by atoms with Crippen molar-refractivity contribution >= 4 is 23.6 Å². The van der Waals surface area contributed by atoms with Crippen molar-refractivity contribution in [3.63, 3.8) is 0 Å². The number of aryl methyl sites for hydroxylation is 1. The van der Waals surface area contributed by atoms with Crippen molar-refractivity contribution in [2.75, 3.05) is 0 Å². The molecular weight excluding hydrogens is 409 g/mol. The van der Waals surface area contributed by atoms with Crippen LogP contribution >= 0.6 is 11.6 Å². The van der Waals surface area contributed by atoms with Crippen LogP contribution in [-0.2, 0) is 29.2 Å². The molecule has 1 aromatic carbocycles. The molecule has 1 atom stereocenters. The van der Waals surface area contributed by atoms with Crippen molar-refractivity contribution in [3.05, 3.63) is 57.5 Å². The zero-order chi connectivity index (χ0) is 21.8. The van der Waals surface area contributed by atoms with Crippen LogP contribution in [0.25, 0.3) is 0 Å². The van der Waals surface area contributed by atoms with E-state index >= 15 is 0 Å². The van der Waals surface area contributed by atoms with Crippen molar-refractivity contribution < 1.29 is 18.7 Å². The van der Waals surface area contributed by atoms with E-state index < -0.39 is 12.8 Å². The fourth-order valence-electron chi connectivity index (χ4n) is 3.17. The van der Waals surface area contributed by atoms with Gasteiger partial charge in [0.15, 0.2) is 5.78 Å². The molecule has 2 aromatic rings. The number of benzene rings is 1. The number of carbonyl (C=O) groups excluding carboxylic acids is 1. The normalized spacial score (nSPS) is 16.7. The van der Waals surface area contributed by atoms with Crippen LogP contribution in [0.1, 0.15) is 36.2 Å². The summed E-state index contributed by atoms with van der Waals surface area (Å²) in [6.45, 7) is 4.84. The van der Waals surface area contributed by atoms with Gasteiger partial charge in [0.2, 0.25) is 5.88 Å². The number of fused-ring (bicyclic) bond motifs is 1. The number of allylic oxidation sites excluding steroid dienone is 1. The number of Topliss-reactive ketones (excluding diaryl/α,β-unsaturated/α-hetero) is 1. The van der Waals surface area contributed by atoms with Gasteiger partial charge in [-0.3, -0.25) is 4.79 Å². The van der Waals surface area contributed by atoms with Crippen molar-refractivity contribution in [1.82, 2.24) is 9.97 Å². The Morgan fingerprint density at radius 2 is 2.20 bits per heavy atom. The van der Waals surface area contributed by atoms with Crippen LogP contribution in [0.5, 0.6) is 11.6 Å². The Balaban J connectivity index is 1.89. The molecule has 0 bridgehead atoms. The van der Waals surface area contributed by atoms with Gasteiger partial charge in [0.05, 0.1) is 29.0 Å². The molecule has 30 heavy (non-hydrogen) atoms. The molecule has 1 N–H and O–H groups in total. The minimum Gasteiger partial charge on any atom is -0.438 e. The van der Waals surface area contributed by atoms with Gasteiger partial charge in [-0.2, -0.15) is 0 Å². The molecule has 0 saturated carbocycles. The predicted octanol–water partition coefficient (Wildman–Crippen LogP) is 4.86. The number of nitrogens with one attached hydrogen (secondary N) is 1. The number of hydrogen-bond acceptors (Lipinski definition) is 6. The van der Waals surface area contributed by atoms with Gasteiger partial charge in [-0.05, 0) is 19.1 Å². The minimum absolute atomic E-state index is 0.00576. The summed E-state index contributed by atoms with van der Waals surface area (Å²) in [6, 6.07) is 5.27. The second-order valence-electron chi connectivity index (χ2n) is 7.39. The monoisotopic (exact) mass is 431 g/mol. The maximum absolute atomic E-state index is 13.4. The summed E-state index contributed by atoms with van der Waals surface area (Å²) in [5.74, 6) is 0.151. The van der Waals surface area contributed by atoms with Crippen LogP contribution in [0.3, 0.4) is 0 Å². The molecule has 1 unspecified atom stereocenters. The van der Waals surface area contributed by atoms with E-state index in [9.17, 15) is 9.18 Å². The number of rotatable bonds is 7. The molecule has 0 radical (unpaired) electrons. The Hall–Kier alpha value is -2.64. The first-order valence-electron chi connectivity index (χ1n) is 9.57. The van der Waals surface area contributed by atoms with E-state index in [-0.39, 0.29) is 23.3 Å². The lowest BCUT2D eigenvalue weighted by Crippen LogP contribution is -2.28. The van der Waals surface area contributed by atoms with Crippen LogP contribution < -0.4 is 4.74 Å². The summed E-state index contributed by atoms with van der Waals surface area (Å²) in [5.41, 5.74) is 3.01. The Bertz CT molecular complexity index is 1010. The maximum Gasteiger partial charge on any atom is 0.228 e. The topological polar surface area (TPSA) is 85.2 Å². The molecule has 3 rings (SSSR count). The number of ketones is 1. The lowest BCUT2D eigenvalue weighted by atomic mass is 9.97. The first-order valence-corrected chi connectivity index (χ1v) is 9.95. The van der Waals surface area contributed by atoms with E-state index in [0.29, 0.717) is 40.4 Å². The average molecular weight is 432 g/mol. The average Bonchev–Trinajstić information content (AvgIpc) is 2.74. The first kappa shape index (κ1) is 22.1. The van der Waals surface area contributed by atoms with Crippen LogP contribution in [-0.4, -0.2) is 28.1 Å². The SMILES string of the molecule is Cc1ccc(Oc2ncnc3c2COC(/C(C=N)=C(\Cl)C(=O)C(C)C)C3)c(CF)c1. The Morgan fingerprint density at radius 3 is 2.87 bits per heavy atom. The van der Waals surface area contributed by atoms with Gasteiger partial charge in [0, 0.05) is 29.7 Å². The molecule has 8 heteroatoms. The summed E-state index contributed by atoms with van der Waals surface area (Å²) < 4.78 is 25.1. The summed E-state index contributed by atoms with van der Waals surface area (Å²) in [4.78, 5) is 20.8. The molecule has 0 spiro atoms. The maximum atomic E-state index is 13.4. The van der Waals surface area contributed by atoms with Crippen molar-refractivity contribution in [2.45, 2.75) is 46.6 Å². The smallest absolute Gasteiger partial charge is 0.228 e. The summed E-state index contributed by atoms with van der Waals surface area (Å²) in [6.07, 6.45) is 2.16. The van der Waals surface area contributed by atoms with Gasteiger partial charge in [0.25, 0.3) is 0 Å². The second-order valence-corrected chi connectivity index (χ2v) is 7.77. The molecule has 0 amide bonds. The van der Waals surface area contributed by atoms with Crippen LogP contribution in [0.2, 0.25) is 0 Å². The van der Waals surface area contributed by atoms with Crippen LogP contribution in [0, 0.1) is 18.3 Å². The molecule has 2 heterocycles. The van der Waals surface area contributed by atoms with E-state index in [0.717, 1.165) is 11.8 Å². The zero-order valence-electron chi connectivity index (χ0n) is 17.0. The number of aromatic nitrogens is 2. The molecule has 1 aromatic heterocycles. The number of ether oxygens (including phenoxy) is 2. The van der Waals surface area contributed by atoms with Crippen LogP contribution in [0.15, 0.2) is 35.1 Å². The second kappa shape index (κ2) is 9.45. The molecule has 158 valence electrons. The lowest BCUT2D eigenvalue weighted by Gasteiger charge is -2.26. The molecule has 0 saturated heterocycles. The van der Waals surface area contributed by atoms with E-state index in [4.69, 9.17) is 26.5 Å². The minimum atomic E-state index is -0.654. The Kier molecular flexibility index (Phi) is 6.95. The third kappa shape index (κ3) is 4.57. The van der Waals surface area contributed by atoms with Crippen LogP contribution in [0.4, 0.5) is 4.39 Å². The molecule has 0 fully saturated rings. The fraction of sp³-hybridized carbons (Fsp3) is 0.364. The summed E-state index contributed by atoms with van der Waals surface area (Å²) >= 11 is 6.24. The standard InChI is InChI=1S/C22H23ClFN3O3/c1-12(2)21(28)20(23)15(9-25)19-7-17-16(10-29-19)22(27-11-26-17)30-18-5-4-13(3)6-14(18)8-24/h4-6,9,11-12,19,25H,7-8,10H2,1-3H3/b20-15-,25-9?. The highest BCUT2D eigenvalue weighted by Gasteiger charge is 2.29. The Labute approximate surface area is 179 Å². The van der Waals surface area contributed by atoms with Crippen molar-refractivity contribution in [1.29, 1.82) is 5.41 Å². The van der Waals surface area contributed by atoms with Gasteiger partial charge in [0.1, 0.15) is 18.8 Å². The molecule has 1 aliphatic rings. The highest BCUT2D eigenvalue weighted by Crippen LogP contribution is 2.33. The summed E-state index contributed by atoms with van der Waals surface area (Å²) in [7, 11) is 0. The lowest BCUT2D eigenvalue weighted by molar-refractivity contribution is -0.117. The fourth-order valence-corrected chi connectivity index (χ4v) is 3.56. The number of alkyl halides is 1. The predicted molar refractivity (Wildman–Crippen MR) is 112 cm³/mol. The molecule has 1 aliphatic heterocycles. The van der Waals surface area contributed by atoms with Gasteiger partial charge in [-0.1, -0.05) is 37.1 Å². The van der Waals surface area contributed by atoms with Crippen molar-refractivity contribution in [2.24, 2.45) is 5.92 Å².